The van der Waals surface area contributed by atoms with Gasteiger partial charge in [-0.25, -0.2) is 9.59 Å². The largest absolute Gasteiger partial charge is 0.487 e. The van der Waals surface area contributed by atoms with Gasteiger partial charge in [-0.15, -0.1) is 0 Å². The van der Waals surface area contributed by atoms with Crippen molar-refractivity contribution in [1.29, 1.82) is 0 Å². The predicted molar refractivity (Wildman–Crippen MR) is 96.6 cm³/mol. The standard InChI is InChI=1S/C21H24O5/c1-4-5-6-17(19-12-14(3)21(23)26-19)24-16-9-7-15(8-10-16)18-11-13(2)20(22)25-18/h7-10,17-19H,2-6,11-12H2,1H3. The van der Waals surface area contributed by atoms with Crippen molar-refractivity contribution in [3.8, 4) is 5.75 Å². The molecular weight excluding hydrogens is 332 g/mol. The van der Waals surface area contributed by atoms with Crippen LogP contribution in [0.2, 0.25) is 0 Å². The zero-order valence-corrected chi connectivity index (χ0v) is 15.0. The van der Waals surface area contributed by atoms with Crippen LogP contribution < -0.4 is 4.74 Å². The number of hydrogen-bond acceptors (Lipinski definition) is 5. The van der Waals surface area contributed by atoms with Crippen molar-refractivity contribution < 1.29 is 23.8 Å². The normalized spacial score (nSPS) is 23.7. The van der Waals surface area contributed by atoms with Gasteiger partial charge < -0.3 is 14.2 Å². The second-order valence-corrected chi connectivity index (χ2v) is 6.82. The molecule has 3 unspecified atom stereocenters. The first-order valence-electron chi connectivity index (χ1n) is 9.02. The summed E-state index contributed by atoms with van der Waals surface area (Å²) in [5, 5.41) is 0. The average molecular weight is 356 g/mol. The summed E-state index contributed by atoms with van der Waals surface area (Å²) in [5.74, 6) is 0.0310. The number of unbranched alkanes of at least 4 members (excludes halogenated alkanes) is 1. The summed E-state index contributed by atoms with van der Waals surface area (Å²) in [6, 6.07) is 7.49. The van der Waals surface area contributed by atoms with E-state index in [2.05, 4.69) is 20.1 Å². The van der Waals surface area contributed by atoms with Crippen molar-refractivity contribution >= 4 is 11.9 Å². The fourth-order valence-corrected chi connectivity index (χ4v) is 3.21. The molecule has 2 heterocycles. The van der Waals surface area contributed by atoms with Crippen LogP contribution in [0.3, 0.4) is 0 Å². The molecule has 2 aliphatic rings. The van der Waals surface area contributed by atoms with E-state index in [9.17, 15) is 9.59 Å². The highest BCUT2D eigenvalue weighted by atomic mass is 16.6. The minimum absolute atomic E-state index is 0.201. The van der Waals surface area contributed by atoms with E-state index in [-0.39, 0.29) is 30.3 Å². The average Bonchev–Trinajstić information content (AvgIpc) is 3.14. The van der Waals surface area contributed by atoms with E-state index < -0.39 is 0 Å². The van der Waals surface area contributed by atoms with Crippen LogP contribution in [-0.4, -0.2) is 24.1 Å². The summed E-state index contributed by atoms with van der Waals surface area (Å²) in [4.78, 5) is 23.1. The number of cyclic esters (lactones) is 2. The van der Waals surface area contributed by atoms with E-state index in [1.165, 1.54) is 0 Å². The fourth-order valence-electron chi connectivity index (χ4n) is 3.21. The summed E-state index contributed by atoms with van der Waals surface area (Å²) in [7, 11) is 0. The quantitative estimate of drug-likeness (QED) is 0.545. The number of esters is 2. The number of benzene rings is 1. The van der Waals surface area contributed by atoms with Crippen LogP contribution >= 0.6 is 0 Å². The number of carbonyl (C=O) groups is 2. The highest BCUT2D eigenvalue weighted by Crippen LogP contribution is 2.33. The molecule has 3 rings (SSSR count). The first-order chi connectivity index (χ1) is 12.5. The van der Waals surface area contributed by atoms with Gasteiger partial charge in [-0.2, -0.15) is 0 Å². The van der Waals surface area contributed by atoms with Crippen LogP contribution in [0.25, 0.3) is 0 Å². The molecule has 0 aromatic heterocycles. The van der Waals surface area contributed by atoms with Crippen LogP contribution in [0.1, 0.15) is 50.7 Å². The molecule has 138 valence electrons. The molecule has 0 amide bonds. The van der Waals surface area contributed by atoms with Gasteiger partial charge in [0, 0.05) is 24.0 Å². The predicted octanol–water partition coefficient (Wildman–Crippen LogP) is 4.04. The molecular formula is C21H24O5. The SMILES string of the molecule is C=C1CC(c2ccc(OC(CCCC)C3CC(=C)C(=O)O3)cc2)OC1=O. The molecule has 0 spiro atoms. The number of ether oxygens (including phenoxy) is 3. The summed E-state index contributed by atoms with van der Waals surface area (Å²) in [6.07, 6.45) is 3.08. The zero-order valence-electron chi connectivity index (χ0n) is 15.0. The van der Waals surface area contributed by atoms with E-state index in [1.54, 1.807) is 0 Å². The lowest BCUT2D eigenvalue weighted by Crippen LogP contribution is -2.31. The molecule has 26 heavy (non-hydrogen) atoms. The molecule has 2 saturated heterocycles. The first kappa shape index (κ1) is 18.2. The third-order valence-electron chi connectivity index (χ3n) is 4.76. The molecule has 5 nitrogen and oxygen atoms in total. The lowest BCUT2D eigenvalue weighted by Gasteiger charge is -2.24. The fraction of sp³-hybridized carbons (Fsp3) is 0.429. The molecule has 0 saturated carbocycles. The zero-order chi connectivity index (χ0) is 18.7. The van der Waals surface area contributed by atoms with E-state index in [0.717, 1.165) is 24.8 Å². The van der Waals surface area contributed by atoms with E-state index in [4.69, 9.17) is 14.2 Å². The summed E-state index contributed by atoms with van der Waals surface area (Å²) in [6.45, 7) is 9.56. The molecule has 3 atom stereocenters. The van der Waals surface area contributed by atoms with Crippen molar-refractivity contribution in [2.24, 2.45) is 0 Å². The van der Waals surface area contributed by atoms with Gasteiger partial charge in [0.25, 0.3) is 0 Å². The van der Waals surface area contributed by atoms with Crippen molar-refractivity contribution in [2.45, 2.75) is 57.3 Å². The Bertz CT molecular complexity index is 686. The minimum Gasteiger partial charge on any atom is -0.487 e. The van der Waals surface area contributed by atoms with Crippen molar-refractivity contribution in [3.05, 3.63) is 54.1 Å². The molecule has 0 N–H and O–H groups in total. The summed E-state index contributed by atoms with van der Waals surface area (Å²) in [5.41, 5.74) is 1.91. The third kappa shape index (κ3) is 3.98. The van der Waals surface area contributed by atoms with Gasteiger partial charge in [0.1, 0.15) is 24.1 Å². The van der Waals surface area contributed by atoms with Gasteiger partial charge in [-0.3, -0.25) is 0 Å². The monoisotopic (exact) mass is 356 g/mol. The Morgan fingerprint density at radius 3 is 2.27 bits per heavy atom. The van der Waals surface area contributed by atoms with Crippen molar-refractivity contribution in [3.63, 3.8) is 0 Å². The van der Waals surface area contributed by atoms with Crippen molar-refractivity contribution in [1.82, 2.24) is 0 Å². The van der Waals surface area contributed by atoms with Gasteiger partial charge in [0.2, 0.25) is 0 Å². The maximum Gasteiger partial charge on any atom is 0.334 e. The third-order valence-corrected chi connectivity index (χ3v) is 4.76. The molecule has 5 heteroatoms. The topological polar surface area (TPSA) is 61.8 Å². The van der Waals surface area contributed by atoms with Crippen LogP contribution in [0.4, 0.5) is 0 Å². The second-order valence-electron chi connectivity index (χ2n) is 6.82. The smallest absolute Gasteiger partial charge is 0.334 e. The van der Waals surface area contributed by atoms with Gasteiger partial charge in [-0.05, 0) is 30.5 Å². The molecule has 2 aliphatic heterocycles. The van der Waals surface area contributed by atoms with Gasteiger partial charge >= 0.3 is 11.9 Å². The van der Waals surface area contributed by atoms with E-state index in [0.29, 0.717) is 29.7 Å². The molecule has 2 fully saturated rings. The highest BCUT2D eigenvalue weighted by molar-refractivity contribution is 5.90. The lowest BCUT2D eigenvalue weighted by atomic mass is 10.0. The maximum atomic E-state index is 11.6. The van der Waals surface area contributed by atoms with Crippen LogP contribution in [0, 0.1) is 0 Å². The Morgan fingerprint density at radius 1 is 1.08 bits per heavy atom. The molecule has 0 bridgehead atoms. The Labute approximate surface area is 153 Å². The second kappa shape index (κ2) is 7.77. The van der Waals surface area contributed by atoms with Gasteiger partial charge in [0.05, 0.1) is 0 Å². The number of rotatable bonds is 7. The first-order valence-corrected chi connectivity index (χ1v) is 9.02. The van der Waals surface area contributed by atoms with Crippen molar-refractivity contribution in [2.75, 3.05) is 0 Å². The van der Waals surface area contributed by atoms with Crippen LogP contribution in [0.5, 0.6) is 5.75 Å². The van der Waals surface area contributed by atoms with Gasteiger partial charge in [0.15, 0.2) is 0 Å². The molecule has 1 aromatic carbocycles. The van der Waals surface area contributed by atoms with Crippen LogP contribution in [-0.2, 0) is 19.1 Å². The lowest BCUT2D eigenvalue weighted by molar-refractivity contribution is -0.142. The molecule has 1 aromatic rings. The Balaban J connectivity index is 1.67. The van der Waals surface area contributed by atoms with Gasteiger partial charge in [-0.1, -0.05) is 38.6 Å². The Kier molecular flexibility index (Phi) is 5.45. The molecule has 0 radical (unpaired) electrons. The van der Waals surface area contributed by atoms with E-state index in [1.807, 2.05) is 24.3 Å². The Morgan fingerprint density at radius 2 is 1.73 bits per heavy atom. The highest BCUT2D eigenvalue weighted by Gasteiger charge is 2.35. The van der Waals surface area contributed by atoms with E-state index >= 15 is 0 Å². The summed E-state index contributed by atoms with van der Waals surface area (Å²) < 4.78 is 16.8. The Hall–Kier alpha value is -2.56. The number of hydrogen-bond donors (Lipinski definition) is 0. The maximum absolute atomic E-state index is 11.6. The summed E-state index contributed by atoms with van der Waals surface area (Å²) >= 11 is 0. The number of carbonyl (C=O) groups excluding carboxylic acids is 2. The van der Waals surface area contributed by atoms with Crippen LogP contribution in [0.15, 0.2) is 48.6 Å². The minimum atomic E-state index is -0.335. The molecule has 0 aliphatic carbocycles.